The number of methoxy groups -OCH3 is 2. The number of aliphatic hydroxyl groups is 1. The van der Waals surface area contributed by atoms with Crippen LogP contribution in [0.15, 0.2) is 24.3 Å². The van der Waals surface area contributed by atoms with Gasteiger partial charge in [0, 0.05) is 13.1 Å². The topological polar surface area (TPSA) is 88.1 Å². The number of nitrogens with zero attached hydrogens (tertiary/aromatic N) is 1. The van der Waals surface area contributed by atoms with Crippen molar-refractivity contribution in [2.24, 2.45) is 0 Å². The highest BCUT2D eigenvalue weighted by Crippen LogP contribution is 2.21. The molecule has 23 heavy (non-hydrogen) atoms. The van der Waals surface area contributed by atoms with Gasteiger partial charge in [-0.15, -0.1) is 0 Å². The smallest absolute Gasteiger partial charge is 0.331 e. The van der Waals surface area contributed by atoms with E-state index in [0.29, 0.717) is 24.4 Å². The van der Waals surface area contributed by atoms with E-state index in [1.165, 1.54) is 19.1 Å². The highest BCUT2D eigenvalue weighted by Gasteiger charge is 2.31. The Hall–Kier alpha value is -2.28. The fraction of sp³-hybridized carbons (Fsp3) is 0.500. The zero-order valence-electron chi connectivity index (χ0n) is 13.9. The van der Waals surface area contributed by atoms with E-state index in [1.807, 2.05) is 13.8 Å². The molecule has 2 N–H and O–H groups in total. The van der Waals surface area contributed by atoms with Crippen LogP contribution in [-0.4, -0.2) is 55.4 Å². The minimum Gasteiger partial charge on any atom is -0.497 e. The van der Waals surface area contributed by atoms with Gasteiger partial charge in [-0.1, -0.05) is 12.1 Å². The molecule has 7 nitrogen and oxygen atoms in total. The quantitative estimate of drug-likeness (QED) is 0.739. The molecule has 0 fully saturated rings. The van der Waals surface area contributed by atoms with Crippen molar-refractivity contribution in [2.45, 2.75) is 26.0 Å². The molecule has 0 radical (unpaired) electrons. The average Bonchev–Trinajstić information content (AvgIpc) is 2.59. The summed E-state index contributed by atoms with van der Waals surface area (Å²) < 4.78 is 9.74. The Morgan fingerprint density at radius 3 is 2.17 bits per heavy atom. The standard InChI is InChI=1S/C16H24N2O5/c1-5-18(6-2)16(21)17-13(15(20)23-4)14(19)11-7-9-12(22-3)10-8-11/h7-10,13-14,19H,5-6H2,1-4H3,(H,17,21). The van der Waals surface area contributed by atoms with Gasteiger partial charge in [0.05, 0.1) is 14.2 Å². The maximum Gasteiger partial charge on any atom is 0.331 e. The van der Waals surface area contributed by atoms with E-state index in [9.17, 15) is 14.7 Å². The average molecular weight is 324 g/mol. The number of nitrogens with one attached hydrogen (secondary N) is 1. The predicted octanol–water partition coefficient (Wildman–Crippen LogP) is 1.32. The summed E-state index contributed by atoms with van der Waals surface area (Å²) in [6, 6.07) is 4.96. The minimum atomic E-state index is -1.23. The van der Waals surface area contributed by atoms with Gasteiger partial charge in [-0.05, 0) is 31.5 Å². The zero-order chi connectivity index (χ0) is 17.4. The van der Waals surface area contributed by atoms with Crippen LogP contribution < -0.4 is 10.1 Å². The summed E-state index contributed by atoms with van der Waals surface area (Å²) >= 11 is 0. The molecule has 128 valence electrons. The van der Waals surface area contributed by atoms with E-state index in [2.05, 4.69) is 5.32 Å². The van der Waals surface area contributed by atoms with E-state index in [-0.39, 0.29) is 0 Å². The fourth-order valence-electron chi connectivity index (χ4n) is 2.12. The van der Waals surface area contributed by atoms with Gasteiger partial charge in [-0.25, -0.2) is 9.59 Å². The normalized spacial score (nSPS) is 12.9. The number of carbonyl (C=O) groups is 2. The van der Waals surface area contributed by atoms with Crippen LogP contribution in [0, 0.1) is 0 Å². The molecule has 0 heterocycles. The van der Waals surface area contributed by atoms with Crippen LogP contribution in [0.5, 0.6) is 5.75 Å². The van der Waals surface area contributed by atoms with Crippen LogP contribution >= 0.6 is 0 Å². The molecule has 2 unspecified atom stereocenters. The summed E-state index contributed by atoms with van der Waals surface area (Å²) in [5.74, 6) is -0.0865. The number of aliphatic hydroxyl groups excluding tert-OH is 1. The summed E-state index contributed by atoms with van der Waals surface area (Å²) in [5, 5.41) is 13.0. The number of amides is 2. The number of esters is 1. The van der Waals surface area contributed by atoms with Crippen molar-refractivity contribution in [3.8, 4) is 5.75 Å². The number of hydrogen-bond acceptors (Lipinski definition) is 5. The Labute approximate surface area is 136 Å². The molecular formula is C16H24N2O5. The minimum absolute atomic E-state index is 0.432. The van der Waals surface area contributed by atoms with Crippen LogP contribution in [0.2, 0.25) is 0 Å². The van der Waals surface area contributed by atoms with Crippen molar-refractivity contribution in [1.82, 2.24) is 10.2 Å². The maximum atomic E-state index is 12.1. The van der Waals surface area contributed by atoms with Gasteiger partial charge in [0.2, 0.25) is 0 Å². The number of hydrogen-bond donors (Lipinski definition) is 2. The Morgan fingerprint density at radius 1 is 1.17 bits per heavy atom. The summed E-state index contributed by atoms with van der Waals surface area (Å²) in [6.45, 7) is 4.65. The van der Waals surface area contributed by atoms with E-state index in [0.717, 1.165) is 0 Å². The van der Waals surface area contributed by atoms with Crippen molar-refractivity contribution in [2.75, 3.05) is 27.3 Å². The van der Waals surface area contributed by atoms with Crippen LogP contribution in [-0.2, 0) is 9.53 Å². The van der Waals surface area contributed by atoms with Gasteiger partial charge in [-0.3, -0.25) is 0 Å². The molecule has 0 bridgehead atoms. The zero-order valence-corrected chi connectivity index (χ0v) is 13.9. The first kappa shape index (κ1) is 18.8. The second-order valence-corrected chi connectivity index (χ2v) is 4.84. The lowest BCUT2D eigenvalue weighted by atomic mass is 10.0. The van der Waals surface area contributed by atoms with E-state index in [4.69, 9.17) is 9.47 Å². The summed E-state index contributed by atoms with van der Waals surface area (Å²) in [6.07, 6.45) is -1.23. The number of ether oxygens (including phenoxy) is 2. The van der Waals surface area contributed by atoms with Gasteiger partial charge < -0.3 is 24.8 Å². The van der Waals surface area contributed by atoms with Crippen LogP contribution in [0.25, 0.3) is 0 Å². The molecule has 0 aliphatic carbocycles. The third kappa shape index (κ3) is 4.85. The molecule has 1 rings (SSSR count). The lowest BCUT2D eigenvalue weighted by molar-refractivity contribution is -0.146. The third-order valence-electron chi connectivity index (χ3n) is 3.56. The van der Waals surface area contributed by atoms with E-state index >= 15 is 0 Å². The summed E-state index contributed by atoms with van der Waals surface area (Å²) in [5.41, 5.74) is 0.473. The van der Waals surface area contributed by atoms with E-state index in [1.54, 1.807) is 24.3 Å². The lowest BCUT2D eigenvalue weighted by Crippen LogP contribution is -2.50. The molecule has 0 aliphatic rings. The van der Waals surface area contributed by atoms with Gasteiger partial charge in [-0.2, -0.15) is 0 Å². The molecule has 0 aromatic heterocycles. The first-order valence-corrected chi connectivity index (χ1v) is 7.43. The monoisotopic (exact) mass is 324 g/mol. The van der Waals surface area contributed by atoms with Crippen LogP contribution in [0.4, 0.5) is 4.79 Å². The molecule has 0 spiro atoms. The van der Waals surface area contributed by atoms with Gasteiger partial charge in [0.25, 0.3) is 0 Å². The Balaban J connectivity index is 2.95. The molecular weight excluding hydrogens is 300 g/mol. The second kappa shape index (κ2) is 8.99. The molecule has 0 saturated carbocycles. The van der Waals surface area contributed by atoms with Crippen molar-refractivity contribution in [3.63, 3.8) is 0 Å². The van der Waals surface area contributed by atoms with Crippen molar-refractivity contribution in [1.29, 1.82) is 0 Å². The highest BCUT2D eigenvalue weighted by atomic mass is 16.5. The maximum absolute atomic E-state index is 12.1. The predicted molar refractivity (Wildman–Crippen MR) is 85.2 cm³/mol. The van der Waals surface area contributed by atoms with Gasteiger partial charge in [0.1, 0.15) is 11.9 Å². The molecule has 1 aromatic rings. The van der Waals surface area contributed by atoms with Crippen molar-refractivity contribution >= 4 is 12.0 Å². The first-order chi connectivity index (χ1) is 11.0. The van der Waals surface area contributed by atoms with Gasteiger partial charge in [0.15, 0.2) is 6.04 Å². The molecule has 2 amide bonds. The largest absolute Gasteiger partial charge is 0.497 e. The van der Waals surface area contributed by atoms with Crippen LogP contribution in [0.1, 0.15) is 25.5 Å². The number of benzene rings is 1. The molecule has 7 heteroatoms. The van der Waals surface area contributed by atoms with Crippen LogP contribution in [0.3, 0.4) is 0 Å². The van der Waals surface area contributed by atoms with Gasteiger partial charge >= 0.3 is 12.0 Å². The third-order valence-corrected chi connectivity index (χ3v) is 3.56. The van der Waals surface area contributed by atoms with E-state index < -0.39 is 24.1 Å². The lowest BCUT2D eigenvalue weighted by Gasteiger charge is -2.26. The van der Waals surface area contributed by atoms with Crippen molar-refractivity contribution in [3.05, 3.63) is 29.8 Å². The molecule has 0 aliphatic heterocycles. The summed E-state index contributed by atoms with van der Waals surface area (Å²) in [4.78, 5) is 25.6. The number of urea groups is 1. The number of rotatable bonds is 7. The Kier molecular flexibility index (Phi) is 7.34. The SMILES string of the molecule is CCN(CC)C(=O)NC(C(=O)OC)C(O)c1ccc(OC)cc1. The summed E-state index contributed by atoms with van der Waals surface area (Å²) in [7, 11) is 2.74. The number of carbonyl (C=O) groups excluding carboxylic acids is 2. The first-order valence-electron chi connectivity index (χ1n) is 7.43. The molecule has 0 saturated heterocycles. The Morgan fingerprint density at radius 2 is 1.74 bits per heavy atom. The highest BCUT2D eigenvalue weighted by molar-refractivity contribution is 5.84. The molecule has 2 atom stereocenters. The Bertz CT molecular complexity index is 514. The van der Waals surface area contributed by atoms with Crippen molar-refractivity contribution < 1.29 is 24.2 Å². The second-order valence-electron chi connectivity index (χ2n) is 4.84. The fourth-order valence-corrected chi connectivity index (χ4v) is 2.12. The molecule has 1 aromatic carbocycles.